The Morgan fingerprint density at radius 2 is 2.06 bits per heavy atom. The molecule has 0 aliphatic heterocycles. The molecule has 17 heavy (non-hydrogen) atoms. The van der Waals surface area contributed by atoms with Crippen molar-refractivity contribution in [1.82, 2.24) is 14.9 Å². The van der Waals surface area contributed by atoms with E-state index < -0.39 is 0 Å². The summed E-state index contributed by atoms with van der Waals surface area (Å²) in [6, 6.07) is 0.447. The number of hydrogen-bond acceptors (Lipinski definition) is 4. The molecule has 0 spiro atoms. The zero-order valence-corrected chi connectivity index (χ0v) is 11.2. The fourth-order valence-electron chi connectivity index (χ4n) is 1.86. The van der Waals surface area contributed by atoms with Crippen molar-refractivity contribution < 1.29 is 0 Å². The Bertz CT molecular complexity index is 285. The van der Waals surface area contributed by atoms with E-state index in [0.717, 1.165) is 25.3 Å². The van der Waals surface area contributed by atoms with E-state index in [1.165, 1.54) is 13.0 Å². The normalized spacial score (nSPS) is 12.7. The molecule has 0 aromatic carbocycles. The molecule has 96 valence electrons. The molecule has 0 aliphatic carbocycles. The van der Waals surface area contributed by atoms with Crippen LogP contribution in [0.1, 0.15) is 33.6 Å². The van der Waals surface area contributed by atoms with Gasteiger partial charge in [0, 0.05) is 18.4 Å². The summed E-state index contributed by atoms with van der Waals surface area (Å²) >= 11 is 0. The van der Waals surface area contributed by atoms with Crippen LogP contribution in [-0.4, -0.2) is 40.5 Å². The molecule has 1 N–H and O–H groups in total. The molecule has 1 heterocycles. The Balaban J connectivity index is 2.19. The van der Waals surface area contributed by atoms with Crippen LogP contribution >= 0.6 is 0 Å². The lowest BCUT2D eigenvalue weighted by Crippen LogP contribution is -2.25. The lowest BCUT2D eigenvalue weighted by Gasteiger charge is -2.19. The SMILES string of the molecule is CCN(CC)CCCC(C)Nc1cnccn1. The van der Waals surface area contributed by atoms with Crippen molar-refractivity contribution in [3.8, 4) is 0 Å². The van der Waals surface area contributed by atoms with Gasteiger partial charge in [-0.1, -0.05) is 13.8 Å². The summed E-state index contributed by atoms with van der Waals surface area (Å²) in [5, 5.41) is 3.36. The van der Waals surface area contributed by atoms with Crippen LogP contribution in [0.15, 0.2) is 18.6 Å². The first-order chi connectivity index (χ1) is 8.26. The van der Waals surface area contributed by atoms with Gasteiger partial charge in [-0.15, -0.1) is 0 Å². The van der Waals surface area contributed by atoms with Crippen LogP contribution in [-0.2, 0) is 0 Å². The van der Waals surface area contributed by atoms with Crippen molar-refractivity contribution in [1.29, 1.82) is 0 Å². The first kappa shape index (κ1) is 13.9. The van der Waals surface area contributed by atoms with Crippen molar-refractivity contribution in [2.75, 3.05) is 25.0 Å². The number of aromatic nitrogens is 2. The van der Waals surface area contributed by atoms with Crippen LogP contribution in [0.3, 0.4) is 0 Å². The summed E-state index contributed by atoms with van der Waals surface area (Å²) in [4.78, 5) is 10.7. The lowest BCUT2D eigenvalue weighted by atomic mass is 10.2. The molecular weight excluding hydrogens is 212 g/mol. The largest absolute Gasteiger partial charge is 0.366 e. The Kier molecular flexibility index (Phi) is 6.55. The average molecular weight is 236 g/mol. The van der Waals surface area contributed by atoms with Gasteiger partial charge in [0.1, 0.15) is 5.82 Å². The zero-order chi connectivity index (χ0) is 12.5. The Morgan fingerprint density at radius 1 is 1.29 bits per heavy atom. The summed E-state index contributed by atoms with van der Waals surface area (Å²) < 4.78 is 0. The number of nitrogens with zero attached hydrogens (tertiary/aromatic N) is 3. The van der Waals surface area contributed by atoms with Crippen molar-refractivity contribution in [2.24, 2.45) is 0 Å². The molecule has 0 amide bonds. The third-order valence-corrected chi connectivity index (χ3v) is 2.96. The van der Waals surface area contributed by atoms with E-state index in [2.05, 4.69) is 41.0 Å². The fraction of sp³-hybridized carbons (Fsp3) is 0.692. The monoisotopic (exact) mass is 236 g/mol. The molecule has 1 unspecified atom stereocenters. The van der Waals surface area contributed by atoms with E-state index in [-0.39, 0.29) is 0 Å². The predicted octanol–water partition coefficient (Wildman–Crippen LogP) is 2.40. The first-order valence-electron chi connectivity index (χ1n) is 6.51. The molecule has 4 heteroatoms. The van der Waals surface area contributed by atoms with Crippen LogP contribution in [0.2, 0.25) is 0 Å². The van der Waals surface area contributed by atoms with Crippen LogP contribution in [0.25, 0.3) is 0 Å². The number of anilines is 1. The van der Waals surface area contributed by atoms with Crippen molar-refractivity contribution in [2.45, 2.75) is 39.7 Å². The highest BCUT2D eigenvalue weighted by molar-refractivity contribution is 5.30. The third-order valence-electron chi connectivity index (χ3n) is 2.96. The van der Waals surface area contributed by atoms with E-state index in [0.29, 0.717) is 6.04 Å². The quantitative estimate of drug-likeness (QED) is 0.752. The Labute approximate surface area is 104 Å². The van der Waals surface area contributed by atoms with Gasteiger partial charge in [-0.2, -0.15) is 0 Å². The summed E-state index contributed by atoms with van der Waals surface area (Å²) in [5.41, 5.74) is 0. The van der Waals surface area contributed by atoms with Gasteiger partial charge in [-0.25, -0.2) is 4.98 Å². The van der Waals surface area contributed by atoms with Crippen molar-refractivity contribution >= 4 is 5.82 Å². The van der Waals surface area contributed by atoms with Gasteiger partial charge in [-0.3, -0.25) is 4.98 Å². The van der Waals surface area contributed by atoms with Crippen LogP contribution in [0.5, 0.6) is 0 Å². The van der Waals surface area contributed by atoms with Crippen LogP contribution in [0, 0.1) is 0 Å². The maximum atomic E-state index is 4.21. The van der Waals surface area contributed by atoms with Crippen LogP contribution in [0.4, 0.5) is 5.82 Å². The van der Waals surface area contributed by atoms with Crippen LogP contribution < -0.4 is 5.32 Å². The van der Waals surface area contributed by atoms with Gasteiger partial charge >= 0.3 is 0 Å². The van der Waals surface area contributed by atoms with E-state index in [1.54, 1.807) is 18.6 Å². The number of hydrogen-bond donors (Lipinski definition) is 1. The van der Waals surface area contributed by atoms with E-state index in [4.69, 9.17) is 0 Å². The molecule has 0 saturated heterocycles. The topological polar surface area (TPSA) is 41.0 Å². The molecule has 0 bridgehead atoms. The highest BCUT2D eigenvalue weighted by atomic mass is 15.1. The molecule has 1 aromatic rings. The summed E-state index contributed by atoms with van der Waals surface area (Å²) in [5.74, 6) is 0.864. The molecule has 1 rings (SSSR count). The smallest absolute Gasteiger partial charge is 0.144 e. The number of nitrogens with one attached hydrogen (secondary N) is 1. The van der Waals surface area contributed by atoms with Gasteiger partial charge in [0.2, 0.25) is 0 Å². The Morgan fingerprint density at radius 3 is 2.65 bits per heavy atom. The highest BCUT2D eigenvalue weighted by Gasteiger charge is 2.04. The second-order valence-corrected chi connectivity index (χ2v) is 4.31. The highest BCUT2D eigenvalue weighted by Crippen LogP contribution is 2.06. The minimum atomic E-state index is 0.447. The fourth-order valence-corrected chi connectivity index (χ4v) is 1.86. The standard InChI is InChI=1S/C13H24N4/c1-4-17(5-2)10-6-7-12(3)16-13-11-14-8-9-15-13/h8-9,11-12H,4-7,10H2,1-3H3,(H,15,16). The average Bonchev–Trinajstić information content (AvgIpc) is 2.36. The molecular formula is C13H24N4. The molecule has 0 fully saturated rings. The summed E-state index contributed by atoms with van der Waals surface area (Å²) in [7, 11) is 0. The predicted molar refractivity (Wildman–Crippen MR) is 72.1 cm³/mol. The molecule has 1 atom stereocenters. The van der Waals surface area contributed by atoms with Gasteiger partial charge in [0.25, 0.3) is 0 Å². The Hall–Kier alpha value is -1.16. The number of rotatable bonds is 8. The molecule has 4 nitrogen and oxygen atoms in total. The molecule has 0 saturated carbocycles. The van der Waals surface area contributed by atoms with E-state index in [1.807, 2.05) is 0 Å². The zero-order valence-electron chi connectivity index (χ0n) is 11.2. The minimum Gasteiger partial charge on any atom is -0.366 e. The first-order valence-corrected chi connectivity index (χ1v) is 6.51. The van der Waals surface area contributed by atoms with Gasteiger partial charge < -0.3 is 10.2 Å². The van der Waals surface area contributed by atoms with Gasteiger partial charge in [-0.05, 0) is 39.4 Å². The minimum absolute atomic E-state index is 0.447. The second kappa shape index (κ2) is 8.01. The van der Waals surface area contributed by atoms with E-state index >= 15 is 0 Å². The maximum Gasteiger partial charge on any atom is 0.144 e. The second-order valence-electron chi connectivity index (χ2n) is 4.31. The summed E-state index contributed by atoms with van der Waals surface area (Å²) in [6.45, 7) is 10.1. The van der Waals surface area contributed by atoms with Crippen molar-refractivity contribution in [3.63, 3.8) is 0 Å². The van der Waals surface area contributed by atoms with Crippen molar-refractivity contribution in [3.05, 3.63) is 18.6 Å². The maximum absolute atomic E-state index is 4.21. The molecule has 1 aromatic heterocycles. The third kappa shape index (κ3) is 5.63. The van der Waals surface area contributed by atoms with Gasteiger partial charge in [0.15, 0.2) is 0 Å². The molecule has 0 radical (unpaired) electrons. The lowest BCUT2D eigenvalue weighted by molar-refractivity contribution is 0.295. The summed E-state index contributed by atoms with van der Waals surface area (Å²) in [6.07, 6.45) is 7.55. The van der Waals surface area contributed by atoms with Gasteiger partial charge in [0.05, 0.1) is 6.20 Å². The molecule has 0 aliphatic rings. The van der Waals surface area contributed by atoms with E-state index in [9.17, 15) is 0 Å².